The molecule has 0 aliphatic carbocycles. The van der Waals surface area contributed by atoms with Gasteiger partial charge in [0.1, 0.15) is 0 Å². The lowest BCUT2D eigenvalue weighted by Crippen LogP contribution is -2.36. The lowest BCUT2D eigenvalue weighted by atomic mass is 9.99. The van der Waals surface area contributed by atoms with Gasteiger partial charge in [0.25, 0.3) is 0 Å². The number of likely N-dealkylation sites (tertiary alicyclic amines) is 1. The Kier molecular flexibility index (Phi) is 5.57. The van der Waals surface area contributed by atoms with E-state index in [-0.39, 0.29) is 0 Å². The van der Waals surface area contributed by atoms with Crippen molar-refractivity contribution in [2.75, 3.05) is 19.7 Å². The molecule has 0 amide bonds. The van der Waals surface area contributed by atoms with Crippen molar-refractivity contribution < 1.29 is 4.74 Å². The van der Waals surface area contributed by atoms with Crippen molar-refractivity contribution in [2.45, 2.75) is 26.0 Å². The minimum absolute atomic E-state index is 0.640. The van der Waals surface area contributed by atoms with Crippen LogP contribution in [0, 0.1) is 5.92 Å². The standard InChI is InChI=1S/C19H24N2O/c1-2-7-17(8-3-1)15-22-16-18-9-6-12-21(13-18)14-19-10-4-5-11-20-19/h1-5,7-8,10-11,18H,6,9,12-16H2/t18-/m0/s1. The Morgan fingerprint density at radius 1 is 1.09 bits per heavy atom. The Balaban J connectivity index is 1.42. The summed E-state index contributed by atoms with van der Waals surface area (Å²) >= 11 is 0. The number of aromatic nitrogens is 1. The molecule has 1 aromatic carbocycles. The van der Waals surface area contributed by atoms with Crippen molar-refractivity contribution in [2.24, 2.45) is 5.92 Å². The van der Waals surface area contributed by atoms with Gasteiger partial charge in [0.05, 0.1) is 18.9 Å². The second-order valence-electron chi connectivity index (χ2n) is 6.07. The molecule has 1 aromatic heterocycles. The van der Waals surface area contributed by atoms with Crippen LogP contribution >= 0.6 is 0 Å². The van der Waals surface area contributed by atoms with Gasteiger partial charge in [-0.05, 0) is 43.0 Å². The molecule has 3 heteroatoms. The number of nitrogens with zero attached hydrogens (tertiary/aromatic N) is 2. The minimum Gasteiger partial charge on any atom is -0.376 e. The molecule has 22 heavy (non-hydrogen) atoms. The third kappa shape index (κ3) is 4.65. The first kappa shape index (κ1) is 15.2. The van der Waals surface area contributed by atoms with E-state index in [1.54, 1.807) is 0 Å². The molecule has 3 nitrogen and oxygen atoms in total. The Labute approximate surface area is 132 Å². The fraction of sp³-hybridized carbons (Fsp3) is 0.421. The molecule has 2 heterocycles. The van der Waals surface area contributed by atoms with Gasteiger partial charge in [-0.3, -0.25) is 9.88 Å². The zero-order valence-electron chi connectivity index (χ0n) is 13.0. The van der Waals surface area contributed by atoms with Crippen LogP contribution < -0.4 is 0 Å². The molecule has 116 valence electrons. The topological polar surface area (TPSA) is 25.4 Å². The van der Waals surface area contributed by atoms with Gasteiger partial charge in [0.2, 0.25) is 0 Å². The van der Waals surface area contributed by atoms with E-state index >= 15 is 0 Å². The first-order chi connectivity index (χ1) is 10.9. The highest BCUT2D eigenvalue weighted by molar-refractivity contribution is 5.13. The minimum atomic E-state index is 0.640. The quantitative estimate of drug-likeness (QED) is 0.815. The predicted molar refractivity (Wildman–Crippen MR) is 88.3 cm³/mol. The summed E-state index contributed by atoms with van der Waals surface area (Å²) in [5, 5.41) is 0. The predicted octanol–water partition coefficient (Wildman–Crippen LogP) is 3.51. The maximum Gasteiger partial charge on any atom is 0.0717 e. The highest BCUT2D eigenvalue weighted by Gasteiger charge is 2.20. The average molecular weight is 296 g/mol. The molecule has 1 aliphatic heterocycles. The van der Waals surface area contributed by atoms with Crippen LogP contribution in [-0.2, 0) is 17.9 Å². The van der Waals surface area contributed by atoms with E-state index in [4.69, 9.17) is 4.74 Å². The summed E-state index contributed by atoms with van der Waals surface area (Å²) in [5.41, 5.74) is 2.41. The summed E-state index contributed by atoms with van der Waals surface area (Å²) in [7, 11) is 0. The maximum atomic E-state index is 5.92. The van der Waals surface area contributed by atoms with Gasteiger partial charge in [0.15, 0.2) is 0 Å². The highest BCUT2D eigenvalue weighted by Crippen LogP contribution is 2.19. The van der Waals surface area contributed by atoms with E-state index in [0.29, 0.717) is 5.92 Å². The first-order valence-electron chi connectivity index (χ1n) is 8.14. The molecule has 0 radical (unpaired) electrons. The zero-order chi connectivity index (χ0) is 15.0. The van der Waals surface area contributed by atoms with E-state index in [1.165, 1.54) is 24.9 Å². The van der Waals surface area contributed by atoms with Crippen LogP contribution in [0.4, 0.5) is 0 Å². The number of rotatable bonds is 6. The summed E-state index contributed by atoms with van der Waals surface area (Å²) in [5.74, 6) is 0.640. The monoisotopic (exact) mass is 296 g/mol. The molecule has 1 saturated heterocycles. The van der Waals surface area contributed by atoms with E-state index in [9.17, 15) is 0 Å². The second-order valence-corrected chi connectivity index (χ2v) is 6.07. The Bertz CT molecular complexity index is 544. The Hall–Kier alpha value is -1.71. The van der Waals surface area contributed by atoms with Gasteiger partial charge in [-0.15, -0.1) is 0 Å². The van der Waals surface area contributed by atoms with E-state index < -0.39 is 0 Å². The molecule has 1 aliphatic rings. The smallest absolute Gasteiger partial charge is 0.0717 e. The number of hydrogen-bond donors (Lipinski definition) is 0. The van der Waals surface area contributed by atoms with Crippen molar-refractivity contribution in [3.05, 3.63) is 66.0 Å². The van der Waals surface area contributed by atoms with Crippen LogP contribution in [0.5, 0.6) is 0 Å². The molecule has 1 fully saturated rings. The summed E-state index contributed by atoms with van der Waals surface area (Å²) in [6.45, 7) is 4.82. The summed E-state index contributed by atoms with van der Waals surface area (Å²) in [6, 6.07) is 16.5. The third-order valence-corrected chi connectivity index (χ3v) is 4.18. The second kappa shape index (κ2) is 8.06. The Morgan fingerprint density at radius 2 is 1.95 bits per heavy atom. The van der Waals surface area contributed by atoms with Gasteiger partial charge >= 0.3 is 0 Å². The van der Waals surface area contributed by atoms with Crippen LogP contribution in [-0.4, -0.2) is 29.6 Å². The molecule has 3 rings (SSSR count). The lowest BCUT2D eigenvalue weighted by molar-refractivity contribution is 0.0493. The van der Waals surface area contributed by atoms with Crippen LogP contribution in [0.25, 0.3) is 0 Å². The Morgan fingerprint density at radius 3 is 2.77 bits per heavy atom. The van der Waals surface area contributed by atoms with Crippen molar-refractivity contribution in [1.82, 2.24) is 9.88 Å². The van der Waals surface area contributed by atoms with Crippen LogP contribution in [0.1, 0.15) is 24.1 Å². The maximum absolute atomic E-state index is 5.92. The van der Waals surface area contributed by atoms with E-state index in [0.717, 1.165) is 32.0 Å². The number of piperidine rings is 1. The number of ether oxygens (including phenoxy) is 1. The van der Waals surface area contributed by atoms with Gasteiger partial charge in [-0.1, -0.05) is 36.4 Å². The van der Waals surface area contributed by atoms with Crippen LogP contribution in [0.15, 0.2) is 54.7 Å². The molecule has 0 saturated carbocycles. The summed E-state index contributed by atoms with van der Waals surface area (Å²) < 4.78 is 5.92. The van der Waals surface area contributed by atoms with Gasteiger partial charge in [0, 0.05) is 19.3 Å². The SMILES string of the molecule is c1ccc(COC[C@H]2CCCN(Cc3ccccn3)C2)cc1. The number of pyridine rings is 1. The largest absolute Gasteiger partial charge is 0.376 e. The van der Waals surface area contributed by atoms with Crippen molar-refractivity contribution in [1.29, 1.82) is 0 Å². The molecule has 2 aromatic rings. The van der Waals surface area contributed by atoms with Crippen molar-refractivity contribution in [3.8, 4) is 0 Å². The third-order valence-electron chi connectivity index (χ3n) is 4.18. The molecule has 0 bridgehead atoms. The van der Waals surface area contributed by atoms with E-state index in [2.05, 4.69) is 46.3 Å². The highest BCUT2D eigenvalue weighted by atomic mass is 16.5. The molecular formula is C19H24N2O. The van der Waals surface area contributed by atoms with Crippen LogP contribution in [0.3, 0.4) is 0 Å². The first-order valence-corrected chi connectivity index (χ1v) is 8.14. The zero-order valence-corrected chi connectivity index (χ0v) is 13.0. The fourth-order valence-electron chi connectivity index (χ4n) is 3.07. The molecule has 0 N–H and O–H groups in total. The van der Waals surface area contributed by atoms with E-state index in [1.807, 2.05) is 18.3 Å². The molecule has 0 unspecified atom stereocenters. The fourth-order valence-corrected chi connectivity index (χ4v) is 3.07. The number of hydrogen-bond acceptors (Lipinski definition) is 3. The summed E-state index contributed by atoms with van der Waals surface area (Å²) in [4.78, 5) is 6.93. The normalized spacial score (nSPS) is 19.2. The van der Waals surface area contributed by atoms with Gasteiger partial charge < -0.3 is 4.74 Å². The van der Waals surface area contributed by atoms with Gasteiger partial charge in [-0.2, -0.15) is 0 Å². The van der Waals surface area contributed by atoms with Crippen molar-refractivity contribution >= 4 is 0 Å². The molecule has 1 atom stereocenters. The lowest BCUT2D eigenvalue weighted by Gasteiger charge is -2.32. The molecule has 0 spiro atoms. The van der Waals surface area contributed by atoms with Crippen molar-refractivity contribution in [3.63, 3.8) is 0 Å². The van der Waals surface area contributed by atoms with Gasteiger partial charge in [-0.25, -0.2) is 0 Å². The summed E-state index contributed by atoms with van der Waals surface area (Å²) in [6.07, 6.45) is 4.40. The average Bonchev–Trinajstić information content (AvgIpc) is 2.57. The number of benzene rings is 1. The van der Waals surface area contributed by atoms with Crippen LogP contribution in [0.2, 0.25) is 0 Å². The molecular weight excluding hydrogens is 272 g/mol.